The first-order valence-electron chi connectivity index (χ1n) is 41.3. The number of nitrogens with zero attached hydrogens (tertiary/aromatic N) is 2. The van der Waals surface area contributed by atoms with Crippen LogP contribution in [-0.2, 0) is 73.4 Å². The summed E-state index contributed by atoms with van der Waals surface area (Å²) in [6.07, 6.45) is 20.3. The number of H-pyrrole nitrogens is 1. The molecule has 4 rings (SSSR count). The lowest BCUT2D eigenvalue weighted by Gasteiger charge is -2.30. The Morgan fingerprint density at radius 2 is 1.19 bits per heavy atom. The van der Waals surface area contributed by atoms with Crippen LogP contribution in [0.5, 0.6) is 0 Å². The molecule has 2 aromatic carbocycles. The second kappa shape index (κ2) is 57.7. The molecule has 1 fully saturated rings. The van der Waals surface area contributed by atoms with E-state index in [0.717, 1.165) is 30.2 Å². The molecule has 1 aliphatic rings. The van der Waals surface area contributed by atoms with Crippen molar-refractivity contribution in [3.8, 4) is 0 Å². The molecule has 0 radical (unpaired) electrons. The van der Waals surface area contributed by atoms with E-state index in [0.29, 0.717) is 49.9 Å². The zero-order valence-corrected chi connectivity index (χ0v) is 68.4. The third-order valence-corrected chi connectivity index (χ3v) is 19.5. The molecule has 0 bridgehead atoms. The van der Waals surface area contributed by atoms with Gasteiger partial charge in [0.15, 0.2) is 11.9 Å². The van der Waals surface area contributed by atoms with E-state index in [1.807, 2.05) is 25.1 Å². The number of rotatable bonds is 47. The third-order valence-electron chi connectivity index (χ3n) is 19.5. The highest BCUT2D eigenvalue weighted by Crippen LogP contribution is 2.21. The number of nitrogens with one attached hydrogen (secondary N) is 13. The number of fused-ring (bicyclic) bond motifs is 1. The Morgan fingerprint density at radius 1 is 0.595 bits per heavy atom. The zero-order valence-electron chi connectivity index (χ0n) is 68.4. The number of allylic oxidation sites excluding steroid dienone is 1. The number of aliphatic hydroxyl groups excluding tert-OH is 1. The summed E-state index contributed by atoms with van der Waals surface area (Å²) in [6.45, 7) is 6.33. The summed E-state index contributed by atoms with van der Waals surface area (Å²) in [7, 11) is 0. The molecule has 3 aromatic rings. The number of unbranched alkanes of at least 4 members (excludes halogenated alkanes) is 13. The number of carbonyl (C=O) groups excluding carboxylic acids is 12. The van der Waals surface area contributed by atoms with Gasteiger partial charge in [0, 0.05) is 67.4 Å². The van der Waals surface area contributed by atoms with Crippen molar-refractivity contribution in [2.75, 3.05) is 71.1 Å². The highest BCUT2D eigenvalue weighted by Gasteiger charge is 2.35. The molecule has 646 valence electrons. The summed E-state index contributed by atoms with van der Waals surface area (Å²) in [6, 6.07) is 3.15. The van der Waals surface area contributed by atoms with E-state index in [9.17, 15) is 62.6 Å². The van der Waals surface area contributed by atoms with Crippen LogP contribution in [0.25, 0.3) is 10.9 Å². The number of primary amides is 1. The molecule has 9 atom stereocenters. The molecule has 1 saturated heterocycles. The SMILES string of the molecule is C/C=C1/N[C@@H](CC(=O)Nc2ccccc2)C(=O)N[C@H](C)C(=O)N[C@@H](CCCN=C(N)N)C(=O)N[C@@H](Cc2c[nH]c3ccccc23)C(=O)N[C@H](C(N)=O)CCCCNCC(=O)CC[C@@H]1NC(=O)[C@H](CCCC)NC(=O)[C@H](CO)NC(=O)[C@H](CCCN=C(N)N)NC(=O)COCCOCCNC(=O)CCCCCCCCCCCCCCC. The van der Waals surface area contributed by atoms with Crippen LogP contribution >= 0.6 is 0 Å². The van der Waals surface area contributed by atoms with Crippen molar-refractivity contribution in [2.24, 2.45) is 38.7 Å². The van der Waals surface area contributed by atoms with Crippen molar-refractivity contribution in [2.45, 2.75) is 262 Å². The van der Waals surface area contributed by atoms with Crippen LogP contribution in [0.1, 0.15) is 207 Å². The van der Waals surface area contributed by atoms with E-state index in [1.165, 1.54) is 77.2 Å². The van der Waals surface area contributed by atoms with E-state index in [4.69, 9.17) is 38.1 Å². The number of Topliss-reactive ketones (excluding diaryl/α,β-unsaturated/α-hetero) is 1. The molecule has 0 unspecified atom stereocenters. The number of carbonyl (C=O) groups is 12. The molecule has 35 nitrogen and oxygen atoms in total. The van der Waals surface area contributed by atoms with Crippen molar-refractivity contribution in [1.82, 2.24) is 63.5 Å². The fraction of sp³-hybridized carbons (Fsp3) is 0.630. The number of benzene rings is 2. The van der Waals surface area contributed by atoms with Gasteiger partial charge in [-0.15, -0.1) is 0 Å². The van der Waals surface area contributed by atoms with Crippen LogP contribution in [0, 0.1) is 0 Å². The number of aliphatic hydroxyl groups is 1. The van der Waals surface area contributed by atoms with Crippen LogP contribution in [0.4, 0.5) is 5.69 Å². The molecule has 0 saturated carbocycles. The standard InChI is InChI=1S/C81H132N20O15/c1-5-8-10-11-12-13-14-15-16-17-18-19-23-38-69(104)88-44-45-115-46-47-116-53-71(106)95-63(36-28-42-89-80(83)84)74(109)101-68(52-102)79(114)99-64(33-9-6-2)75(110)96-61-40-39-57(103)51-87-41-27-26-35-62(72(82)107)97-78(113)66(48-55-50-91-60-34-25-24-32-58(55)60)100-76(111)65(37-29-43-90-81(85)86)98-73(108)54(4)92-77(112)67(94-59(61)7-3)49-70(105)93-56-30-21-20-22-31-56/h7,20-22,24-25,30-32,34,50,54,61-68,87,91,94,102H,5-6,8-19,23,26-29,33,35-49,51-53H2,1-4H3,(H2,82,107)(H,88,104)(H,92,112)(H,93,105)(H,95,106)(H,96,110)(H,97,113)(H,98,108)(H,99,114)(H,100,111)(H,101,109)(H4,83,84,89)(H4,85,86,90)/b59-7+/t54-,61+,62+,63+,64+,65+,66+,67+,68+/m1/s1. The van der Waals surface area contributed by atoms with Gasteiger partial charge in [-0.1, -0.05) is 146 Å². The first-order valence-corrected chi connectivity index (χ1v) is 41.3. The Hall–Kier alpha value is -10.3. The predicted octanol–water partition coefficient (Wildman–Crippen LogP) is 2.03. The molecule has 0 aliphatic carbocycles. The highest BCUT2D eigenvalue weighted by atomic mass is 16.5. The van der Waals surface area contributed by atoms with Crippen LogP contribution < -0.4 is 92.5 Å². The second-order valence-corrected chi connectivity index (χ2v) is 29.2. The summed E-state index contributed by atoms with van der Waals surface area (Å²) < 4.78 is 11.1. The molecule has 24 N–H and O–H groups in total. The molecule has 35 heteroatoms. The van der Waals surface area contributed by atoms with Gasteiger partial charge in [-0.3, -0.25) is 67.5 Å². The molecular weight excluding hydrogens is 1490 g/mol. The molecule has 11 amide bonds. The summed E-state index contributed by atoms with van der Waals surface area (Å²) >= 11 is 0. The number of nitrogens with two attached hydrogens (primary N) is 5. The number of amides is 11. The normalized spacial score (nSPS) is 18.8. The lowest BCUT2D eigenvalue weighted by molar-refractivity contribution is -0.135. The number of para-hydroxylation sites is 2. The van der Waals surface area contributed by atoms with Gasteiger partial charge in [0.2, 0.25) is 65.0 Å². The van der Waals surface area contributed by atoms with Gasteiger partial charge in [-0.05, 0) is 108 Å². The van der Waals surface area contributed by atoms with E-state index in [-0.39, 0.29) is 133 Å². The topological polar surface area (TPSA) is 558 Å². The fourth-order valence-electron chi connectivity index (χ4n) is 13.0. The van der Waals surface area contributed by atoms with Crippen LogP contribution in [0.15, 0.2) is 82.6 Å². The number of aromatic nitrogens is 1. The lowest BCUT2D eigenvalue weighted by Crippen LogP contribution is -2.59. The average molecular weight is 1630 g/mol. The Balaban J connectivity index is 1.53. The minimum absolute atomic E-state index is 0.00281. The van der Waals surface area contributed by atoms with E-state index in [2.05, 4.69) is 85.7 Å². The summed E-state index contributed by atoms with van der Waals surface area (Å²) in [5.74, 6) is -9.10. The number of hydrogen-bond donors (Lipinski definition) is 19. The van der Waals surface area contributed by atoms with Crippen molar-refractivity contribution in [1.29, 1.82) is 0 Å². The smallest absolute Gasteiger partial charge is 0.246 e. The fourth-order valence-corrected chi connectivity index (χ4v) is 13.0. The largest absolute Gasteiger partial charge is 0.394 e. The van der Waals surface area contributed by atoms with Gasteiger partial charge in [0.25, 0.3) is 0 Å². The van der Waals surface area contributed by atoms with Crippen LogP contribution in [0.2, 0.25) is 0 Å². The van der Waals surface area contributed by atoms with E-state index in [1.54, 1.807) is 49.5 Å². The van der Waals surface area contributed by atoms with Gasteiger partial charge < -0.3 is 112 Å². The molecular formula is C81H132N20O15. The molecule has 116 heavy (non-hydrogen) atoms. The second-order valence-electron chi connectivity index (χ2n) is 29.2. The number of aromatic amines is 1. The average Bonchev–Trinajstić information content (AvgIpc) is 1.71. The van der Waals surface area contributed by atoms with E-state index >= 15 is 0 Å². The van der Waals surface area contributed by atoms with Crippen molar-refractivity contribution in [3.05, 3.63) is 78.1 Å². The monoisotopic (exact) mass is 1630 g/mol. The maximum Gasteiger partial charge on any atom is 0.246 e. The highest BCUT2D eigenvalue weighted by molar-refractivity contribution is 5.99. The quantitative estimate of drug-likeness (QED) is 0.0218. The van der Waals surface area contributed by atoms with Crippen molar-refractivity contribution < 1.29 is 72.1 Å². The van der Waals surface area contributed by atoms with Crippen molar-refractivity contribution >= 4 is 99.3 Å². The Labute approximate surface area is 681 Å². The molecule has 1 aliphatic heterocycles. The number of ketones is 1. The summed E-state index contributed by atoms with van der Waals surface area (Å²) in [5.41, 5.74) is 30.1. The van der Waals surface area contributed by atoms with Gasteiger partial charge in [0.1, 0.15) is 60.7 Å². The van der Waals surface area contributed by atoms with Gasteiger partial charge in [-0.2, -0.15) is 0 Å². The minimum Gasteiger partial charge on any atom is -0.394 e. The molecule has 0 spiro atoms. The van der Waals surface area contributed by atoms with Crippen LogP contribution in [0.3, 0.4) is 0 Å². The number of aliphatic imine (C=N–C) groups is 2. The predicted molar refractivity (Wildman–Crippen MR) is 445 cm³/mol. The summed E-state index contributed by atoms with van der Waals surface area (Å²) in [4.78, 5) is 180. The number of guanidine groups is 2. The number of ether oxygens (including phenoxy) is 2. The first kappa shape index (κ1) is 98.1. The summed E-state index contributed by atoms with van der Waals surface area (Å²) in [5, 5.41) is 44.8. The Bertz CT molecular complexity index is 3610. The number of anilines is 1. The Kier molecular flexibility index (Phi) is 48.8. The third kappa shape index (κ3) is 40.8. The Morgan fingerprint density at radius 3 is 1.85 bits per heavy atom. The first-order chi connectivity index (χ1) is 55.9. The van der Waals surface area contributed by atoms with Gasteiger partial charge in [-0.25, -0.2) is 0 Å². The maximum absolute atomic E-state index is 14.9. The molecule has 1 aromatic heterocycles. The van der Waals surface area contributed by atoms with Gasteiger partial charge >= 0.3 is 0 Å². The molecule has 2 heterocycles. The van der Waals surface area contributed by atoms with E-state index < -0.39 is 133 Å². The van der Waals surface area contributed by atoms with Gasteiger partial charge in [0.05, 0.1) is 45.4 Å². The maximum atomic E-state index is 14.9. The lowest BCUT2D eigenvalue weighted by atomic mass is 10.0. The number of hydrogen-bond acceptors (Lipinski definition) is 19. The minimum atomic E-state index is -1.69. The van der Waals surface area contributed by atoms with Crippen LogP contribution in [-0.4, -0.2) is 213 Å². The zero-order chi connectivity index (χ0) is 84.8. The van der Waals surface area contributed by atoms with Crippen molar-refractivity contribution in [3.63, 3.8) is 0 Å².